The van der Waals surface area contributed by atoms with Crippen molar-refractivity contribution in [2.75, 3.05) is 54.9 Å². The van der Waals surface area contributed by atoms with Gasteiger partial charge >= 0.3 is 0 Å². The van der Waals surface area contributed by atoms with Crippen molar-refractivity contribution in [2.24, 2.45) is 0 Å². The molecule has 3 nitrogen and oxygen atoms in total. The molecule has 1 aliphatic heterocycles. The first kappa shape index (κ1) is 14.5. The molecule has 1 heterocycles. The fourth-order valence-electron chi connectivity index (χ4n) is 2.45. The summed E-state index contributed by atoms with van der Waals surface area (Å²) in [5.74, 6) is 2.54. The largest absolute Gasteiger partial charge is 0.399 e. The molecule has 0 aliphatic carbocycles. The van der Waals surface area contributed by atoms with Gasteiger partial charge in [-0.05, 0) is 48.7 Å². The topological polar surface area (TPSA) is 32.5 Å². The van der Waals surface area contributed by atoms with Crippen LogP contribution in [0.1, 0.15) is 13.3 Å². The first-order chi connectivity index (χ1) is 9.29. The summed E-state index contributed by atoms with van der Waals surface area (Å²) in [5.41, 5.74) is 7.87. The van der Waals surface area contributed by atoms with E-state index in [-0.39, 0.29) is 0 Å². The van der Waals surface area contributed by atoms with Gasteiger partial charge in [-0.3, -0.25) is 4.90 Å². The molecule has 2 N–H and O–H groups in total. The van der Waals surface area contributed by atoms with Gasteiger partial charge in [0.2, 0.25) is 0 Å². The van der Waals surface area contributed by atoms with Crippen LogP contribution < -0.4 is 10.6 Å². The van der Waals surface area contributed by atoms with Crippen molar-refractivity contribution in [3.63, 3.8) is 0 Å². The van der Waals surface area contributed by atoms with Gasteiger partial charge in [0.1, 0.15) is 0 Å². The van der Waals surface area contributed by atoms with Crippen molar-refractivity contribution >= 4 is 23.1 Å². The van der Waals surface area contributed by atoms with Crippen LogP contribution in [-0.4, -0.2) is 49.1 Å². The smallest absolute Gasteiger partial charge is 0.0368 e. The lowest BCUT2D eigenvalue weighted by molar-refractivity contribution is 0.259. The normalized spacial score (nSPS) is 16.8. The number of benzene rings is 1. The molecule has 4 heteroatoms. The predicted molar refractivity (Wildman–Crippen MR) is 87.1 cm³/mol. The molecule has 0 unspecified atom stereocenters. The molecule has 1 aliphatic rings. The van der Waals surface area contributed by atoms with Gasteiger partial charge in [-0.2, -0.15) is 11.8 Å². The minimum atomic E-state index is 0.843. The number of thioether (sulfide) groups is 1. The predicted octanol–water partition coefficient (Wildman–Crippen LogP) is 2.53. The van der Waals surface area contributed by atoms with Crippen LogP contribution in [-0.2, 0) is 0 Å². The molecule has 0 bridgehead atoms. The molecule has 0 amide bonds. The number of piperazine rings is 1. The molecule has 1 saturated heterocycles. The fraction of sp³-hybridized carbons (Fsp3) is 0.600. The lowest BCUT2D eigenvalue weighted by Gasteiger charge is -2.36. The second-order valence-corrected chi connectivity index (χ2v) is 6.36. The Kier molecular flexibility index (Phi) is 5.86. The highest BCUT2D eigenvalue weighted by Crippen LogP contribution is 2.18. The molecule has 106 valence electrons. The van der Waals surface area contributed by atoms with E-state index in [1.165, 1.54) is 43.2 Å². The quantitative estimate of drug-likeness (QED) is 0.641. The van der Waals surface area contributed by atoms with Crippen LogP contribution in [0.25, 0.3) is 0 Å². The number of hydrogen-bond donors (Lipinski definition) is 1. The second kappa shape index (κ2) is 7.65. The van der Waals surface area contributed by atoms with Crippen LogP contribution in [0, 0.1) is 0 Å². The van der Waals surface area contributed by atoms with Crippen LogP contribution in [0.15, 0.2) is 24.3 Å². The van der Waals surface area contributed by atoms with Crippen LogP contribution in [0.4, 0.5) is 11.4 Å². The summed E-state index contributed by atoms with van der Waals surface area (Å²) in [7, 11) is 0. The van der Waals surface area contributed by atoms with Gasteiger partial charge < -0.3 is 10.6 Å². The van der Waals surface area contributed by atoms with Crippen molar-refractivity contribution < 1.29 is 0 Å². The maximum Gasteiger partial charge on any atom is 0.0368 e. The van der Waals surface area contributed by atoms with Crippen molar-refractivity contribution in [1.82, 2.24) is 4.90 Å². The highest BCUT2D eigenvalue weighted by Gasteiger charge is 2.16. The molecular formula is C15H25N3S. The van der Waals surface area contributed by atoms with Gasteiger partial charge in [0.15, 0.2) is 0 Å². The minimum Gasteiger partial charge on any atom is -0.399 e. The Bertz CT molecular complexity index is 358. The average Bonchev–Trinajstić information content (AvgIpc) is 2.45. The van der Waals surface area contributed by atoms with Gasteiger partial charge in [0.05, 0.1) is 0 Å². The second-order valence-electron chi connectivity index (χ2n) is 4.97. The SMILES string of the molecule is CCSCCCN1CCN(c2ccc(N)cc2)CC1. The zero-order valence-electron chi connectivity index (χ0n) is 11.8. The van der Waals surface area contributed by atoms with Crippen molar-refractivity contribution in [2.45, 2.75) is 13.3 Å². The molecule has 19 heavy (non-hydrogen) atoms. The summed E-state index contributed by atoms with van der Waals surface area (Å²) in [6, 6.07) is 8.24. The summed E-state index contributed by atoms with van der Waals surface area (Å²) in [6.07, 6.45) is 1.32. The molecule has 0 radical (unpaired) electrons. The van der Waals surface area contributed by atoms with E-state index in [9.17, 15) is 0 Å². The summed E-state index contributed by atoms with van der Waals surface area (Å²) >= 11 is 2.05. The van der Waals surface area contributed by atoms with Crippen LogP contribution in [0.5, 0.6) is 0 Å². The third kappa shape index (κ3) is 4.62. The Morgan fingerprint density at radius 1 is 1.11 bits per heavy atom. The zero-order chi connectivity index (χ0) is 13.5. The van der Waals surface area contributed by atoms with Gasteiger partial charge in [0.25, 0.3) is 0 Å². The maximum atomic E-state index is 5.73. The van der Waals surface area contributed by atoms with E-state index in [1.54, 1.807) is 0 Å². The van der Waals surface area contributed by atoms with Gasteiger partial charge in [0, 0.05) is 37.6 Å². The first-order valence-electron chi connectivity index (χ1n) is 7.20. The lowest BCUT2D eigenvalue weighted by Crippen LogP contribution is -2.46. The van der Waals surface area contributed by atoms with E-state index >= 15 is 0 Å². The van der Waals surface area contributed by atoms with Gasteiger partial charge in [-0.25, -0.2) is 0 Å². The van der Waals surface area contributed by atoms with Crippen LogP contribution in [0.3, 0.4) is 0 Å². The highest BCUT2D eigenvalue weighted by molar-refractivity contribution is 7.99. The standard InChI is InChI=1S/C15H25N3S/c1-2-19-13-3-8-17-9-11-18(12-10-17)15-6-4-14(16)5-7-15/h4-7H,2-3,8-13,16H2,1H3. The molecule has 1 aromatic carbocycles. The Hall–Kier alpha value is -0.870. The third-order valence-corrected chi connectivity index (χ3v) is 4.58. The molecule has 0 atom stereocenters. The Morgan fingerprint density at radius 3 is 2.42 bits per heavy atom. The van der Waals surface area contributed by atoms with Gasteiger partial charge in [-0.1, -0.05) is 6.92 Å². The van der Waals surface area contributed by atoms with Crippen molar-refractivity contribution in [3.8, 4) is 0 Å². The molecule has 0 aromatic heterocycles. The summed E-state index contributed by atoms with van der Waals surface area (Å²) < 4.78 is 0. The van der Waals surface area contributed by atoms with Gasteiger partial charge in [-0.15, -0.1) is 0 Å². The maximum absolute atomic E-state index is 5.73. The molecule has 2 rings (SSSR count). The Labute approximate surface area is 121 Å². The number of rotatable bonds is 6. The molecular weight excluding hydrogens is 254 g/mol. The van der Waals surface area contributed by atoms with E-state index in [0.717, 1.165) is 18.8 Å². The highest BCUT2D eigenvalue weighted by atomic mass is 32.2. The van der Waals surface area contributed by atoms with E-state index in [0.29, 0.717) is 0 Å². The number of nitrogens with two attached hydrogens (primary N) is 1. The number of anilines is 2. The molecule has 0 saturated carbocycles. The molecule has 1 fully saturated rings. The monoisotopic (exact) mass is 279 g/mol. The zero-order valence-corrected chi connectivity index (χ0v) is 12.7. The lowest BCUT2D eigenvalue weighted by atomic mass is 10.2. The van der Waals surface area contributed by atoms with Crippen LogP contribution in [0.2, 0.25) is 0 Å². The molecule has 1 aromatic rings. The van der Waals surface area contributed by atoms with E-state index < -0.39 is 0 Å². The van der Waals surface area contributed by atoms with E-state index in [1.807, 2.05) is 23.9 Å². The summed E-state index contributed by atoms with van der Waals surface area (Å²) in [6.45, 7) is 8.11. The van der Waals surface area contributed by atoms with Crippen molar-refractivity contribution in [3.05, 3.63) is 24.3 Å². The Balaban J connectivity index is 1.71. The molecule has 0 spiro atoms. The number of hydrogen-bond acceptors (Lipinski definition) is 4. The van der Waals surface area contributed by atoms with Crippen LogP contribution >= 0.6 is 11.8 Å². The number of nitrogens with zero attached hydrogens (tertiary/aromatic N) is 2. The Morgan fingerprint density at radius 2 is 1.79 bits per heavy atom. The van der Waals surface area contributed by atoms with E-state index in [4.69, 9.17) is 5.73 Å². The fourth-order valence-corrected chi connectivity index (χ4v) is 3.07. The minimum absolute atomic E-state index is 0.843. The first-order valence-corrected chi connectivity index (χ1v) is 8.35. The third-order valence-electron chi connectivity index (χ3n) is 3.60. The van der Waals surface area contributed by atoms with Crippen molar-refractivity contribution in [1.29, 1.82) is 0 Å². The summed E-state index contributed by atoms with van der Waals surface area (Å²) in [5, 5.41) is 0. The van der Waals surface area contributed by atoms with E-state index in [2.05, 4.69) is 28.9 Å². The number of nitrogen functional groups attached to an aromatic ring is 1. The summed E-state index contributed by atoms with van der Waals surface area (Å²) in [4.78, 5) is 5.04. The average molecular weight is 279 g/mol.